The Morgan fingerprint density at radius 3 is 2.74 bits per heavy atom. The molecule has 1 amide bonds. The summed E-state index contributed by atoms with van der Waals surface area (Å²) < 4.78 is 10.3. The fourth-order valence-corrected chi connectivity index (χ4v) is 1.96. The van der Waals surface area contributed by atoms with Crippen molar-refractivity contribution in [3.05, 3.63) is 0 Å². The number of carbonyl (C=O) groups is 2. The van der Waals surface area contributed by atoms with Gasteiger partial charge in [-0.05, 0) is 26.3 Å². The van der Waals surface area contributed by atoms with Crippen molar-refractivity contribution >= 4 is 11.9 Å². The third-order valence-electron chi connectivity index (χ3n) is 3.02. The Morgan fingerprint density at radius 1 is 1.37 bits per heavy atom. The Hall–Kier alpha value is -1.14. The number of carbonyl (C=O) groups excluding carboxylic acids is 2. The highest BCUT2D eigenvalue weighted by atomic mass is 16.5. The first-order valence-corrected chi connectivity index (χ1v) is 6.92. The first-order valence-electron chi connectivity index (χ1n) is 6.92. The van der Waals surface area contributed by atoms with Crippen LogP contribution in [0.2, 0.25) is 0 Å². The minimum atomic E-state index is -0.295. The van der Waals surface area contributed by atoms with Crippen LogP contribution in [0.25, 0.3) is 0 Å². The van der Waals surface area contributed by atoms with Gasteiger partial charge >= 0.3 is 5.97 Å². The maximum atomic E-state index is 11.7. The van der Waals surface area contributed by atoms with E-state index >= 15 is 0 Å². The molecule has 6 nitrogen and oxygen atoms in total. The van der Waals surface area contributed by atoms with Gasteiger partial charge in [0.25, 0.3) is 0 Å². The van der Waals surface area contributed by atoms with Crippen LogP contribution in [0.3, 0.4) is 0 Å². The van der Waals surface area contributed by atoms with Crippen LogP contribution in [0, 0.1) is 0 Å². The molecule has 1 rings (SSSR count). The summed E-state index contributed by atoms with van der Waals surface area (Å²) >= 11 is 0. The van der Waals surface area contributed by atoms with Crippen molar-refractivity contribution in [1.82, 2.24) is 10.2 Å². The first-order chi connectivity index (χ1) is 9.15. The van der Waals surface area contributed by atoms with Gasteiger partial charge in [0.15, 0.2) is 0 Å². The highest BCUT2D eigenvalue weighted by Gasteiger charge is 2.18. The molecule has 19 heavy (non-hydrogen) atoms. The van der Waals surface area contributed by atoms with Crippen LogP contribution >= 0.6 is 0 Å². The standard InChI is InChI=1S/C13H24N2O4/c1-3-15(10-13(17)18-4-2)9-12(16)14-8-11-6-5-7-19-11/h11H,3-10H2,1-2H3,(H,14,16). The van der Waals surface area contributed by atoms with E-state index in [9.17, 15) is 9.59 Å². The maximum Gasteiger partial charge on any atom is 0.320 e. The summed E-state index contributed by atoms with van der Waals surface area (Å²) in [6, 6.07) is 0. The maximum absolute atomic E-state index is 11.7. The summed E-state index contributed by atoms with van der Waals surface area (Å²) in [6.45, 7) is 6.36. The summed E-state index contributed by atoms with van der Waals surface area (Å²) in [4.78, 5) is 24.8. The first kappa shape index (κ1) is 15.9. The topological polar surface area (TPSA) is 67.9 Å². The third kappa shape index (κ3) is 6.54. The Balaban J connectivity index is 2.21. The van der Waals surface area contributed by atoms with Gasteiger partial charge in [-0.1, -0.05) is 6.92 Å². The highest BCUT2D eigenvalue weighted by molar-refractivity contribution is 5.79. The average Bonchev–Trinajstić information content (AvgIpc) is 2.89. The Morgan fingerprint density at radius 2 is 2.16 bits per heavy atom. The zero-order valence-electron chi connectivity index (χ0n) is 11.8. The fourth-order valence-electron chi connectivity index (χ4n) is 1.96. The van der Waals surface area contributed by atoms with Gasteiger partial charge in [0.1, 0.15) is 0 Å². The molecule has 0 saturated carbocycles. The minimum absolute atomic E-state index is 0.0818. The Kier molecular flexibility index (Phi) is 7.43. The summed E-state index contributed by atoms with van der Waals surface area (Å²) in [5.41, 5.74) is 0. The van der Waals surface area contributed by atoms with Gasteiger partial charge in [-0.25, -0.2) is 0 Å². The van der Waals surface area contributed by atoms with Crippen LogP contribution in [0.5, 0.6) is 0 Å². The van der Waals surface area contributed by atoms with Crippen LogP contribution in [0.1, 0.15) is 26.7 Å². The molecule has 1 fully saturated rings. The van der Waals surface area contributed by atoms with Crippen molar-refractivity contribution in [3.8, 4) is 0 Å². The van der Waals surface area contributed by atoms with Gasteiger partial charge in [-0.3, -0.25) is 14.5 Å². The molecular weight excluding hydrogens is 248 g/mol. The molecule has 1 N–H and O–H groups in total. The lowest BCUT2D eigenvalue weighted by Gasteiger charge is -2.19. The second-order valence-electron chi connectivity index (χ2n) is 4.55. The van der Waals surface area contributed by atoms with E-state index in [0.29, 0.717) is 19.7 Å². The second kappa shape index (κ2) is 8.87. The van der Waals surface area contributed by atoms with Crippen molar-refractivity contribution in [3.63, 3.8) is 0 Å². The van der Waals surface area contributed by atoms with Crippen molar-refractivity contribution < 1.29 is 19.1 Å². The van der Waals surface area contributed by atoms with E-state index in [1.54, 1.807) is 11.8 Å². The largest absolute Gasteiger partial charge is 0.465 e. The molecule has 1 saturated heterocycles. The molecule has 0 aliphatic carbocycles. The predicted octanol–water partition coefficient (Wildman–Crippen LogP) is 0.167. The number of amides is 1. The molecule has 0 aromatic rings. The molecule has 1 aliphatic heterocycles. The molecule has 1 unspecified atom stereocenters. The summed E-state index contributed by atoms with van der Waals surface area (Å²) in [5.74, 6) is -0.377. The molecule has 110 valence electrons. The molecule has 1 atom stereocenters. The predicted molar refractivity (Wildman–Crippen MR) is 70.7 cm³/mol. The van der Waals surface area contributed by atoms with Crippen LogP contribution in [0.4, 0.5) is 0 Å². The molecule has 0 spiro atoms. The SMILES string of the molecule is CCOC(=O)CN(CC)CC(=O)NCC1CCCO1. The summed E-state index contributed by atoms with van der Waals surface area (Å²) in [6.07, 6.45) is 2.20. The van der Waals surface area contributed by atoms with Crippen molar-refractivity contribution in [1.29, 1.82) is 0 Å². The van der Waals surface area contributed by atoms with Gasteiger partial charge < -0.3 is 14.8 Å². The summed E-state index contributed by atoms with van der Waals surface area (Å²) in [7, 11) is 0. The lowest BCUT2D eigenvalue weighted by Crippen LogP contribution is -2.42. The third-order valence-corrected chi connectivity index (χ3v) is 3.02. The molecule has 0 aromatic carbocycles. The average molecular weight is 272 g/mol. The smallest absolute Gasteiger partial charge is 0.320 e. The number of rotatable bonds is 8. The normalized spacial score (nSPS) is 18.6. The zero-order valence-corrected chi connectivity index (χ0v) is 11.8. The quantitative estimate of drug-likeness (QED) is 0.638. The number of ether oxygens (including phenoxy) is 2. The minimum Gasteiger partial charge on any atom is -0.465 e. The number of likely N-dealkylation sites (N-methyl/N-ethyl adjacent to an activating group) is 1. The molecule has 0 aromatic heterocycles. The van der Waals surface area contributed by atoms with Crippen LogP contribution in [-0.4, -0.2) is 62.3 Å². The van der Waals surface area contributed by atoms with E-state index in [0.717, 1.165) is 19.4 Å². The van der Waals surface area contributed by atoms with Crippen LogP contribution in [0.15, 0.2) is 0 Å². The van der Waals surface area contributed by atoms with E-state index in [-0.39, 0.29) is 31.1 Å². The van der Waals surface area contributed by atoms with Gasteiger partial charge in [-0.2, -0.15) is 0 Å². The molecule has 1 aliphatic rings. The number of hydrogen-bond donors (Lipinski definition) is 1. The van der Waals surface area contributed by atoms with Gasteiger partial charge in [0.05, 0.1) is 25.8 Å². The van der Waals surface area contributed by atoms with Crippen molar-refractivity contribution in [2.24, 2.45) is 0 Å². The fraction of sp³-hybridized carbons (Fsp3) is 0.846. The Labute approximate surface area is 114 Å². The Bertz CT molecular complexity index is 290. The zero-order chi connectivity index (χ0) is 14.1. The highest BCUT2D eigenvalue weighted by Crippen LogP contribution is 2.10. The number of nitrogens with one attached hydrogen (secondary N) is 1. The molecular formula is C13H24N2O4. The number of esters is 1. The monoisotopic (exact) mass is 272 g/mol. The van der Waals surface area contributed by atoms with Gasteiger partial charge in [0, 0.05) is 13.2 Å². The van der Waals surface area contributed by atoms with Crippen molar-refractivity contribution in [2.45, 2.75) is 32.8 Å². The number of nitrogens with zero attached hydrogens (tertiary/aromatic N) is 1. The summed E-state index contributed by atoms with van der Waals surface area (Å²) in [5, 5.41) is 2.84. The van der Waals surface area contributed by atoms with E-state index in [2.05, 4.69) is 5.32 Å². The van der Waals surface area contributed by atoms with E-state index < -0.39 is 0 Å². The van der Waals surface area contributed by atoms with Crippen LogP contribution in [-0.2, 0) is 19.1 Å². The molecule has 1 heterocycles. The van der Waals surface area contributed by atoms with Crippen molar-refractivity contribution in [2.75, 3.05) is 39.4 Å². The van der Waals surface area contributed by atoms with Gasteiger partial charge in [-0.15, -0.1) is 0 Å². The van der Waals surface area contributed by atoms with E-state index in [4.69, 9.17) is 9.47 Å². The number of hydrogen-bond acceptors (Lipinski definition) is 5. The lowest BCUT2D eigenvalue weighted by molar-refractivity contribution is -0.144. The van der Waals surface area contributed by atoms with Gasteiger partial charge in [0.2, 0.25) is 5.91 Å². The molecule has 6 heteroatoms. The van der Waals surface area contributed by atoms with E-state index in [1.807, 2.05) is 6.92 Å². The molecule has 0 radical (unpaired) electrons. The van der Waals surface area contributed by atoms with Crippen LogP contribution < -0.4 is 5.32 Å². The lowest BCUT2D eigenvalue weighted by atomic mass is 10.2. The van der Waals surface area contributed by atoms with E-state index in [1.165, 1.54) is 0 Å². The second-order valence-corrected chi connectivity index (χ2v) is 4.55. The molecule has 0 bridgehead atoms.